The standard InChI is InChI=1S/C36H28N2/c1-35(2)25-13-5-7-17-29(25)37-31-20-24-22-12-10-16-28-34(22)38(30-18-8-6-14-26(30)36(28,3)4)32(24)19-23(31)21-11-9-15-27(35)33(21)37/h5-20H,1-4H3. The zero-order chi connectivity index (χ0) is 25.6. The van der Waals surface area contributed by atoms with E-state index in [1.54, 1.807) is 0 Å². The van der Waals surface area contributed by atoms with Crippen LogP contribution in [-0.2, 0) is 10.8 Å². The molecular weight excluding hydrogens is 460 g/mol. The van der Waals surface area contributed by atoms with Crippen LogP contribution < -0.4 is 0 Å². The van der Waals surface area contributed by atoms with Crippen LogP contribution in [0.2, 0.25) is 0 Å². The number of fused-ring (bicyclic) bond motifs is 10. The number of rotatable bonds is 0. The Morgan fingerprint density at radius 2 is 0.816 bits per heavy atom. The minimum atomic E-state index is -0.0535. The molecule has 2 aliphatic heterocycles. The molecule has 0 unspecified atom stereocenters. The summed E-state index contributed by atoms with van der Waals surface area (Å²) in [5.74, 6) is 0. The van der Waals surface area contributed by atoms with Crippen molar-refractivity contribution in [2.24, 2.45) is 0 Å². The Kier molecular flexibility index (Phi) is 3.49. The fraction of sp³-hybridized carbons (Fsp3) is 0.167. The van der Waals surface area contributed by atoms with E-state index >= 15 is 0 Å². The lowest BCUT2D eigenvalue weighted by atomic mass is 9.75. The van der Waals surface area contributed by atoms with Crippen molar-refractivity contribution in [3.63, 3.8) is 0 Å². The molecule has 0 saturated carbocycles. The van der Waals surface area contributed by atoms with Gasteiger partial charge in [0, 0.05) is 32.4 Å². The Balaban J connectivity index is 1.54. The zero-order valence-electron chi connectivity index (χ0n) is 22.1. The molecule has 0 fully saturated rings. The summed E-state index contributed by atoms with van der Waals surface area (Å²) in [5, 5.41) is 5.32. The van der Waals surface area contributed by atoms with Gasteiger partial charge in [-0.1, -0.05) is 100 Å². The Hall–Kier alpha value is -4.30. The van der Waals surface area contributed by atoms with Crippen LogP contribution in [0.5, 0.6) is 0 Å². The first kappa shape index (κ1) is 20.7. The van der Waals surface area contributed by atoms with Gasteiger partial charge in [0.1, 0.15) is 0 Å². The quantitative estimate of drug-likeness (QED) is 0.201. The summed E-state index contributed by atoms with van der Waals surface area (Å²) in [4.78, 5) is 0. The number of aromatic nitrogens is 2. The van der Waals surface area contributed by atoms with Gasteiger partial charge in [-0.15, -0.1) is 0 Å². The summed E-state index contributed by atoms with van der Waals surface area (Å²) in [5.41, 5.74) is 13.4. The van der Waals surface area contributed by atoms with Crippen molar-refractivity contribution in [3.05, 3.63) is 119 Å². The van der Waals surface area contributed by atoms with Gasteiger partial charge in [-0.3, -0.25) is 0 Å². The maximum absolute atomic E-state index is 2.53. The molecule has 0 aliphatic carbocycles. The molecule has 4 heterocycles. The molecule has 9 rings (SSSR count). The summed E-state index contributed by atoms with van der Waals surface area (Å²) >= 11 is 0. The van der Waals surface area contributed by atoms with Gasteiger partial charge in [-0.2, -0.15) is 0 Å². The summed E-state index contributed by atoms with van der Waals surface area (Å²) in [6, 6.07) is 36.6. The van der Waals surface area contributed by atoms with E-state index in [1.165, 1.54) is 77.2 Å². The van der Waals surface area contributed by atoms with Gasteiger partial charge in [-0.25, -0.2) is 0 Å². The second-order valence-electron chi connectivity index (χ2n) is 12.2. The van der Waals surface area contributed by atoms with Crippen LogP contribution >= 0.6 is 0 Å². The third-order valence-corrected chi connectivity index (χ3v) is 9.68. The van der Waals surface area contributed by atoms with Crippen molar-refractivity contribution in [2.45, 2.75) is 38.5 Å². The average molecular weight is 489 g/mol. The predicted octanol–water partition coefficient (Wildman–Crippen LogP) is 9.16. The first-order valence-electron chi connectivity index (χ1n) is 13.6. The first-order chi connectivity index (χ1) is 18.4. The topological polar surface area (TPSA) is 9.86 Å². The lowest BCUT2D eigenvalue weighted by Crippen LogP contribution is -2.26. The third kappa shape index (κ3) is 2.16. The molecule has 0 spiro atoms. The maximum atomic E-state index is 2.53. The van der Waals surface area contributed by atoms with Gasteiger partial charge in [0.05, 0.1) is 33.4 Å². The third-order valence-electron chi connectivity index (χ3n) is 9.68. The van der Waals surface area contributed by atoms with Crippen LogP contribution in [0.3, 0.4) is 0 Å². The smallest absolute Gasteiger partial charge is 0.0582 e. The van der Waals surface area contributed by atoms with Crippen LogP contribution in [0.25, 0.3) is 55.0 Å². The number of nitrogens with zero attached hydrogens (tertiary/aromatic N) is 2. The van der Waals surface area contributed by atoms with Crippen LogP contribution in [-0.4, -0.2) is 9.13 Å². The molecule has 0 atom stereocenters. The van der Waals surface area contributed by atoms with Crippen LogP contribution in [0.1, 0.15) is 49.9 Å². The van der Waals surface area contributed by atoms with E-state index in [9.17, 15) is 0 Å². The predicted molar refractivity (Wildman–Crippen MR) is 159 cm³/mol. The van der Waals surface area contributed by atoms with Crippen LogP contribution in [0.4, 0.5) is 0 Å². The van der Waals surface area contributed by atoms with Crippen molar-refractivity contribution in [1.82, 2.24) is 9.13 Å². The maximum Gasteiger partial charge on any atom is 0.0582 e. The molecule has 0 N–H and O–H groups in total. The SMILES string of the molecule is CC1(C)c2ccccc2-n2c3cc4c5cccc6c5n(c4cc3c3cccc1c32)-c1ccccc1C6(C)C. The molecule has 0 bridgehead atoms. The lowest BCUT2D eigenvalue weighted by molar-refractivity contribution is 0.630. The van der Waals surface area contributed by atoms with E-state index in [-0.39, 0.29) is 10.8 Å². The summed E-state index contributed by atoms with van der Waals surface area (Å²) in [6.07, 6.45) is 0. The largest absolute Gasteiger partial charge is 0.309 e. The van der Waals surface area contributed by atoms with Gasteiger partial charge in [-0.05, 0) is 46.5 Å². The van der Waals surface area contributed by atoms with Crippen molar-refractivity contribution in [3.8, 4) is 11.4 Å². The number of para-hydroxylation sites is 4. The average Bonchev–Trinajstić information content (AvgIpc) is 3.43. The van der Waals surface area contributed by atoms with Crippen molar-refractivity contribution >= 4 is 43.6 Å². The van der Waals surface area contributed by atoms with Crippen molar-refractivity contribution in [1.29, 1.82) is 0 Å². The summed E-state index contributed by atoms with van der Waals surface area (Å²) in [7, 11) is 0. The fourth-order valence-electron chi connectivity index (χ4n) is 7.82. The first-order valence-corrected chi connectivity index (χ1v) is 13.6. The van der Waals surface area contributed by atoms with Crippen molar-refractivity contribution < 1.29 is 0 Å². The molecule has 2 nitrogen and oxygen atoms in total. The van der Waals surface area contributed by atoms with E-state index in [0.717, 1.165) is 0 Å². The second kappa shape index (κ2) is 6.39. The molecule has 5 aromatic carbocycles. The highest BCUT2D eigenvalue weighted by Crippen LogP contribution is 2.51. The number of benzene rings is 5. The monoisotopic (exact) mass is 488 g/mol. The van der Waals surface area contributed by atoms with Gasteiger partial charge in [0.2, 0.25) is 0 Å². The van der Waals surface area contributed by atoms with E-state index in [0.29, 0.717) is 0 Å². The minimum absolute atomic E-state index is 0.0535. The van der Waals surface area contributed by atoms with E-state index in [2.05, 4.69) is 134 Å². The number of hydrogen-bond acceptors (Lipinski definition) is 0. The molecule has 0 saturated heterocycles. The summed E-state index contributed by atoms with van der Waals surface area (Å²) < 4.78 is 5.06. The van der Waals surface area contributed by atoms with Crippen LogP contribution in [0, 0.1) is 0 Å². The highest BCUT2D eigenvalue weighted by Gasteiger charge is 2.37. The Bertz CT molecular complexity index is 2020. The molecule has 2 aliphatic rings. The molecule has 2 heteroatoms. The molecule has 0 radical (unpaired) electrons. The Labute approximate surface area is 221 Å². The Morgan fingerprint density at radius 3 is 1.26 bits per heavy atom. The second-order valence-corrected chi connectivity index (χ2v) is 12.2. The molecule has 2 aromatic heterocycles. The van der Waals surface area contributed by atoms with Gasteiger partial charge >= 0.3 is 0 Å². The summed E-state index contributed by atoms with van der Waals surface area (Å²) in [6.45, 7) is 9.47. The normalized spacial score (nSPS) is 16.3. The molecule has 0 amide bonds. The fourth-order valence-corrected chi connectivity index (χ4v) is 7.82. The number of hydrogen-bond donors (Lipinski definition) is 0. The van der Waals surface area contributed by atoms with Crippen LogP contribution in [0.15, 0.2) is 97.1 Å². The van der Waals surface area contributed by atoms with Gasteiger partial charge in [0.15, 0.2) is 0 Å². The highest BCUT2D eigenvalue weighted by molar-refractivity contribution is 6.20. The minimum Gasteiger partial charge on any atom is -0.309 e. The van der Waals surface area contributed by atoms with E-state index < -0.39 is 0 Å². The highest BCUT2D eigenvalue weighted by atomic mass is 15.0. The molecular formula is C36H28N2. The molecule has 38 heavy (non-hydrogen) atoms. The zero-order valence-corrected chi connectivity index (χ0v) is 22.1. The van der Waals surface area contributed by atoms with Crippen molar-refractivity contribution in [2.75, 3.05) is 0 Å². The van der Waals surface area contributed by atoms with Gasteiger partial charge in [0.25, 0.3) is 0 Å². The molecule has 182 valence electrons. The Morgan fingerprint density at radius 1 is 0.421 bits per heavy atom. The van der Waals surface area contributed by atoms with Gasteiger partial charge < -0.3 is 9.13 Å². The van der Waals surface area contributed by atoms with E-state index in [4.69, 9.17) is 0 Å². The molecule has 7 aromatic rings. The van der Waals surface area contributed by atoms with E-state index in [1.807, 2.05) is 0 Å². The lowest BCUT2D eigenvalue weighted by Gasteiger charge is -2.34.